The second-order valence-electron chi connectivity index (χ2n) is 9.82. The summed E-state index contributed by atoms with van der Waals surface area (Å²) >= 11 is 0. The molecule has 2 aliphatic heterocycles. The van der Waals surface area contributed by atoms with Crippen molar-refractivity contribution in [3.63, 3.8) is 0 Å². The summed E-state index contributed by atoms with van der Waals surface area (Å²) in [6, 6.07) is 14.3. The van der Waals surface area contributed by atoms with Crippen molar-refractivity contribution >= 4 is 12.2 Å². The van der Waals surface area contributed by atoms with Gasteiger partial charge in [-0.2, -0.15) is 0 Å². The molecule has 0 atom stereocenters. The van der Waals surface area contributed by atoms with Crippen molar-refractivity contribution in [1.82, 2.24) is 0 Å². The van der Waals surface area contributed by atoms with E-state index in [1.165, 1.54) is 0 Å². The topological polar surface area (TPSA) is 46.2 Å². The lowest BCUT2D eigenvalue weighted by atomic mass is 9.94. The van der Waals surface area contributed by atoms with E-state index in [2.05, 4.69) is 62.4 Å². The van der Waals surface area contributed by atoms with E-state index in [0.29, 0.717) is 26.4 Å². The van der Waals surface area contributed by atoms with Crippen LogP contribution in [0.3, 0.4) is 0 Å². The quantitative estimate of drug-likeness (QED) is 0.366. The first-order valence-electron chi connectivity index (χ1n) is 12.8. The number of fused-ring (bicyclic) bond motifs is 3. The van der Waals surface area contributed by atoms with Gasteiger partial charge in [0.15, 0.2) is 0 Å². The highest BCUT2D eigenvalue weighted by molar-refractivity contribution is 5.77. The number of methoxy groups -OCH3 is 1. The molecule has 5 heteroatoms. The van der Waals surface area contributed by atoms with E-state index >= 15 is 0 Å². The maximum Gasteiger partial charge on any atom is 0.137 e. The first kappa shape index (κ1) is 25.0. The van der Waals surface area contributed by atoms with E-state index in [-0.39, 0.29) is 5.60 Å². The highest BCUT2D eigenvalue weighted by Gasteiger charge is 2.27. The van der Waals surface area contributed by atoms with Gasteiger partial charge in [-0.1, -0.05) is 36.4 Å². The predicted octanol–water partition coefficient (Wildman–Crippen LogP) is 7.01. The maximum atomic E-state index is 6.42. The Bertz CT molecular complexity index is 1280. The van der Waals surface area contributed by atoms with Crippen LogP contribution in [0.5, 0.6) is 11.5 Å². The first-order chi connectivity index (χ1) is 18.0. The molecule has 0 N–H and O–H groups in total. The van der Waals surface area contributed by atoms with Gasteiger partial charge < -0.3 is 23.7 Å². The highest BCUT2D eigenvalue weighted by Crippen LogP contribution is 2.43. The number of rotatable bonds is 8. The fourth-order valence-corrected chi connectivity index (χ4v) is 4.56. The van der Waals surface area contributed by atoms with Gasteiger partial charge in [0.25, 0.3) is 0 Å². The Hall–Kier alpha value is -3.70. The van der Waals surface area contributed by atoms with Gasteiger partial charge in [-0.25, -0.2) is 0 Å². The van der Waals surface area contributed by atoms with Crippen molar-refractivity contribution in [3.05, 3.63) is 106 Å². The van der Waals surface area contributed by atoms with Gasteiger partial charge in [-0.05, 0) is 68.7 Å². The van der Waals surface area contributed by atoms with Crippen LogP contribution in [0.1, 0.15) is 43.4 Å². The first-order valence-corrected chi connectivity index (χ1v) is 12.8. The van der Waals surface area contributed by atoms with Gasteiger partial charge in [0.1, 0.15) is 48.4 Å². The van der Waals surface area contributed by atoms with Crippen LogP contribution in [0.4, 0.5) is 0 Å². The number of hydrogen-bond acceptors (Lipinski definition) is 5. The molecule has 0 spiro atoms. The monoisotopic (exact) mass is 498 g/mol. The fraction of sp³-hybridized carbons (Fsp3) is 0.312. The maximum absolute atomic E-state index is 6.42. The minimum atomic E-state index is -0.326. The molecule has 0 aromatic heterocycles. The normalized spacial score (nSPS) is 22.0. The zero-order valence-corrected chi connectivity index (χ0v) is 21.8. The summed E-state index contributed by atoms with van der Waals surface area (Å²) in [5.74, 6) is 3.28. The lowest BCUT2D eigenvalue weighted by molar-refractivity contribution is 0.113. The van der Waals surface area contributed by atoms with Gasteiger partial charge in [0, 0.05) is 29.9 Å². The van der Waals surface area contributed by atoms with Gasteiger partial charge in [0.05, 0.1) is 12.2 Å². The molecule has 5 rings (SSSR count). The summed E-state index contributed by atoms with van der Waals surface area (Å²) in [6.07, 6.45) is 14.5. The van der Waals surface area contributed by atoms with E-state index in [9.17, 15) is 0 Å². The average Bonchev–Trinajstić information content (AvgIpc) is 2.89. The molecule has 0 saturated carbocycles. The number of hydrogen-bond donors (Lipinski definition) is 0. The summed E-state index contributed by atoms with van der Waals surface area (Å²) < 4.78 is 30.1. The number of ether oxygens (including phenoxy) is 5. The van der Waals surface area contributed by atoms with Crippen LogP contribution in [-0.4, -0.2) is 32.5 Å². The van der Waals surface area contributed by atoms with E-state index in [0.717, 1.165) is 63.7 Å². The van der Waals surface area contributed by atoms with E-state index in [1.807, 2.05) is 30.3 Å². The molecule has 0 amide bonds. The Labute approximate surface area is 219 Å². The van der Waals surface area contributed by atoms with Crippen LogP contribution < -0.4 is 9.47 Å². The molecule has 0 fully saturated rings. The third-order valence-electron chi connectivity index (χ3n) is 6.45. The third-order valence-corrected chi connectivity index (χ3v) is 6.45. The molecule has 3 aliphatic rings. The van der Waals surface area contributed by atoms with Crippen LogP contribution in [0, 0.1) is 0 Å². The molecule has 2 aromatic rings. The molecular weight excluding hydrogens is 464 g/mol. The summed E-state index contributed by atoms with van der Waals surface area (Å²) in [7, 11) is 1.67. The molecule has 0 radical (unpaired) electrons. The molecule has 192 valence electrons. The Morgan fingerprint density at radius 3 is 2.59 bits per heavy atom. The minimum absolute atomic E-state index is 0.326. The predicted molar refractivity (Wildman–Crippen MR) is 146 cm³/mol. The molecular formula is C32H34O5. The molecule has 5 nitrogen and oxygen atoms in total. The Morgan fingerprint density at radius 2 is 1.76 bits per heavy atom. The Kier molecular flexibility index (Phi) is 7.52. The van der Waals surface area contributed by atoms with Crippen molar-refractivity contribution in [3.8, 4) is 11.5 Å². The average molecular weight is 499 g/mol. The summed E-state index contributed by atoms with van der Waals surface area (Å²) in [4.78, 5) is 0. The minimum Gasteiger partial charge on any atom is -0.491 e. The molecule has 0 saturated heterocycles. The molecule has 0 unspecified atom stereocenters. The molecule has 2 aromatic carbocycles. The Balaban J connectivity index is 1.46. The Morgan fingerprint density at radius 1 is 0.919 bits per heavy atom. The molecule has 1 aliphatic carbocycles. The molecule has 2 heterocycles. The zero-order valence-electron chi connectivity index (χ0n) is 21.8. The summed E-state index contributed by atoms with van der Waals surface area (Å²) in [5.41, 5.74) is 4.92. The van der Waals surface area contributed by atoms with E-state index in [1.54, 1.807) is 7.11 Å². The van der Waals surface area contributed by atoms with Crippen molar-refractivity contribution < 1.29 is 23.7 Å². The van der Waals surface area contributed by atoms with Crippen molar-refractivity contribution in [2.45, 2.75) is 38.9 Å². The fourth-order valence-electron chi connectivity index (χ4n) is 4.56. The van der Waals surface area contributed by atoms with Gasteiger partial charge in [-0.15, -0.1) is 0 Å². The van der Waals surface area contributed by atoms with E-state index in [4.69, 9.17) is 23.7 Å². The van der Waals surface area contributed by atoms with Crippen LogP contribution in [0.25, 0.3) is 12.2 Å². The zero-order chi connectivity index (χ0) is 25.7. The van der Waals surface area contributed by atoms with Crippen LogP contribution in [0.2, 0.25) is 0 Å². The standard InChI is InChI=1S/C32H34O5/c1-32(2)16-15-28-29(37-32)14-13-24-19-25(22-36-31(24)28)27-12-8-7-11-26(34-18-17-33-3)20-30(27)35-21-23-9-5-4-6-10-23/h4-6,9-16,19-20H,7-8,17-18,21-22H2,1-3H3/b26-11+,27-12+,30-20+. The van der Waals surface area contributed by atoms with Crippen LogP contribution in [0.15, 0.2) is 89.4 Å². The van der Waals surface area contributed by atoms with Crippen molar-refractivity contribution in [2.24, 2.45) is 0 Å². The van der Waals surface area contributed by atoms with Gasteiger partial charge in [-0.3, -0.25) is 0 Å². The van der Waals surface area contributed by atoms with Crippen molar-refractivity contribution in [1.29, 1.82) is 0 Å². The second-order valence-corrected chi connectivity index (χ2v) is 9.82. The molecule has 37 heavy (non-hydrogen) atoms. The number of benzene rings is 2. The van der Waals surface area contributed by atoms with Crippen molar-refractivity contribution in [2.75, 3.05) is 26.9 Å². The number of allylic oxidation sites excluding steroid dienone is 4. The summed E-state index contributed by atoms with van der Waals surface area (Å²) in [5, 5.41) is 0. The smallest absolute Gasteiger partial charge is 0.137 e. The van der Waals surface area contributed by atoms with Gasteiger partial charge >= 0.3 is 0 Å². The second kappa shape index (κ2) is 11.1. The lowest BCUT2D eigenvalue weighted by Crippen LogP contribution is -2.27. The largest absolute Gasteiger partial charge is 0.491 e. The van der Waals surface area contributed by atoms with E-state index < -0.39 is 0 Å². The van der Waals surface area contributed by atoms with Gasteiger partial charge in [0.2, 0.25) is 0 Å². The third kappa shape index (κ3) is 6.00. The van der Waals surface area contributed by atoms with Crippen LogP contribution >= 0.6 is 0 Å². The SMILES string of the molecule is COCCOC1=C/CC/C=C(C2=Cc3ccc4c(c3OC2)C=CC(C)(C)O4)/C(OCc2ccccc2)=C\1. The lowest BCUT2D eigenvalue weighted by Gasteiger charge is -2.30. The van der Waals surface area contributed by atoms with Crippen LogP contribution in [-0.2, 0) is 20.8 Å². The summed E-state index contributed by atoms with van der Waals surface area (Å²) in [6.45, 7) is 6.03. The molecule has 0 bridgehead atoms. The highest BCUT2D eigenvalue weighted by atomic mass is 16.5.